The Hall–Kier alpha value is -3.22. The first-order chi connectivity index (χ1) is 12.5. The molecule has 2 amide bonds. The fourth-order valence-electron chi connectivity index (χ4n) is 3.10. The van der Waals surface area contributed by atoms with Gasteiger partial charge in [-0.05, 0) is 24.6 Å². The van der Waals surface area contributed by atoms with Crippen LogP contribution in [0.3, 0.4) is 0 Å². The number of amides is 2. The summed E-state index contributed by atoms with van der Waals surface area (Å²) in [5.74, 6) is -0.746. The lowest BCUT2D eigenvalue weighted by Crippen LogP contribution is -2.30. The Morgan fingerprint density at radius 3 is 2.46 bits per heavy atom. The second kappa shape index (κ2) is 7.35. The zero-order valence-corrected chi connectivity index (χ0v) is 14.3. The van der Waals surface area contributed by atoms with Gasteiger partial charge in [0.1, 0.15) is 0 Å². The highest BCUT2D eigenvalue weighted by molar-refractivity contribution is 5.97. The molecule has 0 aromatic heterocycles. The highest BCUT2D eigenvalue weighted by atomic mass is 16.6. The highest BCUT2D eigenvalue weighted by Crippen LogP contribution is 2.29. The molecule has 0 saturated carbocycles. The number of anilines is 1. The molecule has 7 heteroatoms. The standard InChI is InChI=1S/C19H19N3O4/c1-13(14-5-3-2-4-6-14)21-12-15(11-18(21)23)19(24)20-16-7-9-17(10-8-16)22(25)26/h2-10,13,15H,11-12H2,1H3,(H,20,24)/t13-,15-/m0/s1. The van der Waals surface area contributed by atoms with Crippen molar-refractivity contribution in [2.75, 3.05) is 11.9 Å². The highest BCUT2D eigenvalue weighted by Gasteiger charge is 2.37. The molecule has 1 fully saturated rings. The van der Waals surface area contributed by atoms with Crippen molar-refractivity contribution in [3.63, 3.8) is 0 Å². The summed E-state index contributed by atoms with van der Waals surface area (Å²) in [4.78, 5) is 36.7. The van der Waals surface area contributed by atoms with Crippen molar-refractivity contribution in [2.45, 2.75) is 19.4 Å². The Labute approximate surface area is 150 Å². The zero-order chi connectivity index (χ0) is 18.7. The number of non-ortho nitro benzene ring substituents is 1. The van der Waals surface area contributed by atoms with E-state index < -0.39 is 10.8 Å². The zero-order valence-electron chi connectivity index (χ0n) is 14.3. The van der Waals surface area contributed by atoms with E-state index in [4.69, 9.17) is 0 Å². The fraction of sp³-hybridized carbons (Fsp3) is 0.263. The van der Waals surface area contributed by atoms with Gasteiger partial charge in [-0.25, -0.2) is 0 Å². The molecule has 1 aliphatic rings. The van der Waals surface area contributed by atoms with Crippen LogP contribution in [-0.4, -0.2) is 28.2 Å². The summed E-state index contributed by atoms with van der Waals surface area (Å²) in [6, 6.07) is 15.2. The van der Waals surface area contributed by atoms with Crippen molar-refractivity contribution in [1.82, 2.24) is 4.90 Å². The molecule has 1 saturated heterocycles. The van der Waals surface area contributed by atoms with Gasteiger partial charge in [0.2, 0.25) is 11.8 Å². The van der Waals surface area contributed by atoms with Crippen LogP contribution < -0.4 is 5.32 Å². The molecule has 134 valence electrons. The molecule has 2 aromatic rings. The third-order valence-electron chi connectivity index (χ3n) is 4.62. The number of nitro benzene ring substituents is 1. The molecule has 0 radical (unpaired) electrons. The fourth-order valence-corrected chi connectivity index (χ4v) is 3.10. The number of rotatable bonds is 5. The van der Waals surface area contributed by atoms with Crippen LogP contribution in [0.5, 0.6) is 0 Å². The predicted molar refractivity (Wildman–Crippen MR) is 96.4 cm³/mol. The van der Waals surface area contributed by atoms with Crippen molar-refractivity contribution < 1.29 is 14.5 Å². The van der Waals surface area contributed by atoms with Crippen molar-refractivity contribution in [2.24, 2.45) is 5.92 Å². The monoisotopic (exact) mass is 353 g/mol. The molecule has 0 aliphatic carbocycles. The number of carbonyl (C=O) groups excluding carboxylic acids is 2. The number of carbonyl (C=O) groups is 2. The van der Waals surface area contributed by atoms with Gasteiger partial charge in [0, 0.05) is 30.8 Å². The van der Waals surface area contributed by atoms with E-state index in [1.165, 1.54) is 24.3 Å². The lowest BCUT2D eigenvalue weighted by molar-refractivity contribution is -0.384. The van der Waals surface area contributed by atoms with Crippen molar-refractivity contribution in [1.29, 1.82) is 0 Å². The Kier molecular flexibility index (Phi) is 4.97. The van der Waals surface area contributed by atoms with E-state index in [1.54, 1.807) is 4.90 Å². The number of likely N-dealkylation sites (tertiary alicyclic amines) is 1. The Morgan fingerprint density at radius 2 is 1.85 bits per heavy atom. The molecule has 3 rings (SSSR count). The molecule has 1 aliphatic heterocycles. The molecule has 0 bridgehead atoms. The number of hydrogen-bond donors (Lipinski definition) is 1. The summed E-state index contributed by atoms with van der Waals surface area (Å²) in [6.07, 6.45) is 0.163. The number of nitrogens with one attached hydrogen (secondary N) is 1. The lowest BCUT2D eigenvalue weighted by atomic mass is 10.1. The quantitative estimate of drug-likeness (QED) is 0.660. The van der Waals surface area contributed by atoms with Gasteiger partial charge in [0.05, 0.1) is 16.9 Å². The van der Waals surface area contributed by atoms with Crippen LogP contribution in [0, 0.1) is 16.0 Å². The molecule has 1 heterocycles. The summed E-state index contributed by atoms with van der Waals surface area (Å²) in [7, 11) is 0. The molecule has 2 atom stereocenters. The van der Waals surface area contributed by atoms with Crippen LogP contribution in [0.2, 0.25) is 0 Å². The third kappa shape index (κ3) is 3.72. The minimum atomic E-state index is -0.496. The number of nitro groups is 1. The van der Waals surface area contributed by atoms with Gasteiger partial charge >= 0.3 is 0 Å². The molecular weight excluding hydrogens is 334 g/mol. The minimum Gasteiger partial charge on any atom is -0.335 e. The molecule has 2 aromatic carbocycles. The summed E-state index contributed by atoms with van der Waals surface area (Å²) in [5, 5.41) is 13.4. The van der Waals surface area contributed by atoms with Crippen LogP contribution in [0.1, 0.15) is 24.9 Å². The molecule has 26 heavy (non-hydrogen) atoms. The Bertz CT molecular complexity index is 820. The first-order valence-electron chi connectivity index (χ1n) is 8.35. The maximum Gasteiger partial charge on any atom is 0.269 e. The molecular formula is C19H19N3O4. The molecule has 7 nitrogen and oxygen atoms in total. The van der Waals surface area contributed by atoms with Crippen molar-refractivity contribution >= 4 is 23.2 Å². The summed E-state index contributed by atoms with van der Waals surface area (Å²) in [5.41, 5.74) is 1.46. The van der Waals surface area contributed by atoms with Gasteiger partial charge in [-0.15, -0.1) is 0 Å². The second-order valence-electron chi connectivity index (χ2n) is 6.33. The first kappa shape index (κ1) is 17.6. The first-order valence-corrected chi connectivity index (χ1v) is 8.35. The van der Waals surface area contributed by atoms with E-state index in [9.17, 15) is 19.7 Å². The average molecular weight is 353 g/mol. The minimum absolute atomic E-state index is 0.0399. The topological polar surface area (TPSA) is 92.6 Å². The van der Waals surface area contributed by atoms with E-state index in [2.05, 4.69) is 5.32 Å². The van der Waals surface area contributed by atoms with Crippen LogP contribution in [0.4, 0.5) is 11.4 Å². The normalized spacial score (nSPS) is 17.8. The van der Waals surface area contributed by atoms with Gasteiger partial charge < -0.3 is 10.2 Å². The summed E-state index contributed by atoms with van der Waals surface area (Å²) in [6.45, 7) is 2.30. The van der Waals surface area contributed by atoms with E-state index in [0.29, 0.717) is 12.2 Å². The number of nitrogens with zero attached hydrogens (tertiary/aromatic N) is 2. The van der Waals surface area contributed by atoms with Crippen LogP contribution >= 0.6 is 0 Å². The maximum absolute atomic E-state index is 12.5. The van der Waals surface area contributed by atoms with Crippen molar-refractivity contribution in [3.05, 3.63) is 70.3 Å². The SMILES string of the molecule is C[C@@H](c1ccccc1)N1C[C@@H](C(=O)Nc2ccc([N+](=O)[O-])cc2)CC1=O. The molecule has 0 spiro atoms. The smallest absolute Gasteiger partial charge is 0.269 e. The lowest BCUT2D eigenvalue weighted by Gasteiger charge is -2.25. The van der Waals surface area contributed by atoms with Gasteiger partial charge in [0.25, 0.3) is 5.69 Å². The molecule has 1 N–H and O–H groups in total. The van der Waals surface area contributed by atoms with Gasteiger partial charge in [-0.3, -0.25) is 19.7 Å². The maximum atomic E-state index is 12.5. The third-order valence-corrected chi connectivity index (χ3v) is 4.62. The summed E-state index contributed by atoms with van der Waals surface area (Å²) >= 11 is 0. The predicted octanol–water partition coefficient (Wildman–Crippen LogP) is 3.14. The van der Waals surface area contributed by atoms with Crippen LogP contribution in [0.25, 0.3) is 0 Å². The summed E-state index contributed by atoms with van der Waals surface area (Å²) < 4.78 is 0. The van der Waals surface area contributed by atoms with E-state index >= 15 is 0 Å². The molecule has 0 unspecified atom stereocenters. The van der Waals surface area contributed by atoms with Gasteiger partial charge in [-0.2, -0.15) is 0 Å². The van der Waals surface area contributed by atoms with Crippen LogP contribution in [0.15, 0.2) is 54.6 Å². The van der Waals surface area contributed by atoms with Gasteiger partial charge in [-0.1, -0.05) is 30.3 Å². The largest absolute Gasteiger partial charge is 0.335 e. The number of hydrogen-bond acceptors (Lipinski definition) is 4. The average Bonchev–Trinajstić information content (AvgIpc) is 3.04. The van der Waals surface area contributed by atoms with Crippen LogP contribution in [-0.2, 0) is 9.59 Å². The van der Waals surface area contributed by atoms with E-state index in [1.807, 2.05) is 37.3 Å². The van der Waals surface area contributed by atoms with E-state index in [-0.39, 0.29) is 30.0 Å². The second-order valence-corrected chi connectivity index (χ2v) is 6.33. The van der Waals surface area contributed by atoms with Gasteiger partial charge in [0.15, 0.2) is 0 Å². The Balaban J connectivity index is 1.64. The Morgan fingerprint density at radius 1 is 1.19 bits per heavy atom. The van der Waals surface area contributed by atoms with Crippen molar-refractivity contribution in [3.8, 4) is 0 Å². The number of benzene rings is 2. The van der Waals surface area contributed by atoms with E-state index in [0.717, 1.165) is 5.56 Å².